The Morgan fingerprint density at radius 3 is 1.77 bits per heavy atom. The van der Waals surface area contributed by atoms with Crippen molar-refractivity contribution in [3.8, 4) is 6.07 Å². The number of thiophene rings is 1. The average Bonchev–Trinajstić information content (AvgIpc) is 3.16. The lowest BCUT2D eigenvalue weighted by molar-refractivity contribution is -0.132. The van der Waals surface area contributed by atoms with Crippen LogP contribution in [-0.4, -0.2) is 11.1 Å². The largest absolute Gasteiger partial charge is 0.477 e. The number of rotatable bonds is 13. The highest BCUT2D eigenvalue weighted by molar-refractivity contribution is 7.14. The fraction of sp³-hybridized carbons (Fsp3) is 0.588. The quantitative estimate of drug-likeness (QED) is 0.150. The van der Waals surface area contributed by atoms with E-state index >= 15 is 0 Å². The van der Waals surface area contributed by atoms with Crippen molar-refractivity contribution in [1.29, 1.82) is 5.26 Å². The summed E-state index contributed by atoms with van der Waals surface area (Å²) in [5, 5.41) is 19.1. The molecule has 0 saturated heterocycles. The molecule has 1 aromatic heterocycles. The molecular weight excluding hydrogens is 502 g/mol. The smallest absolute Gasteiger partial charge is 0.346 e. The number of ether oxygens (including phenoxy) is 1. The molecule has 1 aliphatic rings. The highest BCUT2D eigenvalue weighted by Crippen LogP contribution is 2.41. The number of carbonyl (C=O) groups is 1. The molecule has 4 nitrogen and oxygen atoms in total. The van der Waals surface area contributed by atoms with Gasteiger partial charge in [-0.15, -0.1) is 11.3 Å². The van der Waals surface area contributed by atoms with E-state index < -0.39 is 5.97 Å². The molecular formula is C34H49NO3S. The molecule has 2 rings (SSSR count). The van der Waals surface area contributed by atoms with Gasteiger partial charge >= 0.3 is 5.97 Å². The van der Waals surface area contributed by atoms with Crippen LogP contribution in [0.25, 0.3) is 12.2 Å². The number of nitrogens with zero attached hydrogens (tertiary/aromatic N) is 1. The summed E-state index contributed by atoms with van der Waals surface area (Å²) in [4.78, 5) is 13.8. The molecule has 0 aromatic carbocycles. The summed E-state index contributed by atoms with van der Waals surface area (Å²) in [5.41, 5.74) is 3.16. The van der Waals surface area contributed by atoms with Crippen molar-refractivity contribution in [2.75, 3.05) is 0 Å². The summed E-state index contributed by atoms with van der Waals surface area (Å²) in [5.74, 6) is 0.715. The van der Waals surface area contributed by atoms with Gasteiger partial charge in [0.05, 0.1) is 0 Å². The van der Waals surface area contributed by atoms with Crippen LogP contribution in [0.3, 0.4) is 0 Å². The predicted molar refractivity (Wildman–Crippen MR) is 165 cm³/mol. The van der Waals surface area contributed by atoms with Gasteiger partial charge in [-0.2, -0.15) is 5.26 Å². The lowest BCUT2D eigenvalue weighted by Gasteiger charge is -2.32. The van der Waals surface area contributed by atoms with Crippen molar-refractivity contribution in [1.82, 2.24) is 0 Å². The summed E-state index contributed by atoms with van der Waals surface area (Å²) in [6.07, 6.45) is 19.2. The Bertz CT molecular complexity index is 1120. The second-order valence-corrected chi connectivity index (χ2v) is 13.7. The van der Waals surface area contributed by atoms with Crippen LogP contribution < -0.4 is 0 Å². The summed E-state index contributed by atoms with van der Waals surface area (Å²) < 4.78 is 6.38. The third kappa shape index (κ3) is 9.84. The number of nitriles is 1. The average molecular weight is 552 g/mol. The third-order valence-electron chi connectivity index (χ3n) is 6.96. The molecule has 5 heteroatoms. The van der Waals surface area contributed by atoms with Gasteiger partial charge in [-0.25, -0.2) is 4.79 Å². The van der Waals surface area contributed by atoms with E-state index in [4.69, 9.17) is 4.74 Å². The van der Waals surface area contributed by atoms with Crippen molar-refractivity contribution < 1.29 is 14.6 Å². The number of carboxylic acids is 1. The van der Waals surface area contributed by atoms with Crippen molar-refractivity contribution >= 4 is 29.5 Å². The maximum atomic E-state index is 11.7. The first kappa shape index (κ1) is 32.6. The van der Waals surface area contributed by atoms with E-state index in [9.17, 15) is 15.2 Å². The number of hydrogen-bond acceptors (Lipinski definition) is 4. The lowest BCUT2D eigenvalue weighted by atomic mass is 9.87. The molecule has 0 atom stereocenters. The van der Waals surface area contributed by atoms with Crippen LogP contribution in [0.1, 0.15) is 128 Å². The second kappa shape index (κ2) is 14.7. The molecule has 1 aromatic rings. The topological polar surface area (TPSA) is 70.3 Å². The van der Waals surface area contributed by atoms with Gasteiger partial charge in [0.2, 0.25) is 0 Å². The first-order chi connectivity index (χ1) is 18.3. The Labute approximate surface area is 241 Å². The van der Waals surface area contributed by atoms with Crippen LogP contribution in [0.15, 0.2) is 34.8 Å². The van der Waals surface area contributed by atoms with Gasteiger partial charge in [-0.05, 0) is 66.7 Å². The Morgan fingerprint density at radius 1 is 0.872 bits per heavy atom. The normalized spacial score (nSPS) is 14.4. The first-order valence-corrected chi connectivity index (χ1v) is 15.5. The highest BCUT2D eigenvalue weighted by Gasteiger charge is 2.29. The van der Waals surface area contributed by atoms with E-state index in [0.717, 1.165) is 58.9 Å². The van der Waals surface area contributed by atoms with Crippen molar-refractivity contribution in [3.63, 3.8) is 0 Å². The number of carboxylic acid groups (broad SMARTS) is 1. The maximum Gasteiger partial charge on any atom is 0.346 e. The zero-order valence-electron chi connectivity index (χ0n) is 25.5. The standard InChI is InChI=1S/C34H49NO3S/c1-9-11-13-15-17-26-27(18-16-14-12-10-2)29(22-25(23-35)32(36)37)39-28(26)19-24-20-30(33(3,4)5)38-31(21-24)34(6,7)8/h19-22H,9-18H2,1-8H3,(H,36,37)/b25-22+. The monoisotopic (exact) mass is 551 g/mol. The molecule has 1 N–H and O–H groups in total. The summed E-state index contributed by atoms with van der Waals surface area (Å²) in [6.45, 7) is 17.4. The van der Waals surface area contributed by atoms with Gasteiger partial charge in [0.25, 0.3) is 0 Å². The molecule has 0 fully saturated rings. The molecule has 0 saturated carbocycles. The summed E-state index contributed by atoms with van der Waals surface area (Å²) >= 11 is 1.62. The van der Waals surface area contributed by atoms with Crippen molar-refractivity contribution in [2.24, 2.45) is 10.8 Å². The molecule has 0 aliphatic carbocycles. The number of hydrogen-bond donors (Lipinski definition) is 1. The second-order valence-electron chi connectivity index (χ2n) is 12.6. The minimum Gasteiger partial charge on any atom is -0.477 e. The van der Waals surface area contributed by atoms with Gasteiger partial charge < -0.3 is 9.84 Å². The van der Waals surface area contributed by atoms with Gasteiger partial charge in [0, 0.05) is 20.6 Å². The van der Waals surface area contributed by atoms with Crippen LogP contribution in [-0.2, 0) is 22.4 Å². The highest BCUT2D eigenvalue weighted by atomic mass is 32.1. The Kier molecular flexibility index (Phi) is 12.3. The maximum absolute atomic E-state index is 11.7. The van der Waals surface area contributed by atoms with Crippen LogP contribution >= 0.6 is 11.3 Å². The molecule has 214 valence electrons. The van der Waals surface area contributed by atoms with Crippen LogP contribution in [0.5, 0.6) is 0 Å². The first-order valence-electron chi connectivity index (χ1n) is 14.6. The van der Waals surface area contributed by atoms with Gasteiger partial charge in [0.15, 0.2) is 0 Å². The molecule has 0 amide bonds. The Hall–Kier alpha value is -2.58. The van der Waals surface area contributed by atoms with Crippen molar-refractivity contribution in [3.05, 3.63) is 55.7 Å². The predicted octanol–water partition coefficient (Wildman–Crippen LogP) is 10.3. The third-order valence-corrected chi connectivity index (χ3v) is 8.13. The zero-order valence-corrected chi connectivity index (χ0v) is 26.3. The number of aliphatic carboxylic acids is 1. The van der Waals surface area contributed by atoms with Gasteiger partial charge in [0.1, 0.15) is 23.2 Å². The molecule has 0 bridgehead atoms. The molecule has 0 radical (unpaired) electrons. The SMILES string of the molecule is CCCCCCc1c(C=C2C=C(C(C)(C)C)OC(C(C)(C)C)=C2)sc(/C=C(\C#N)C(=O)O)c1CCCCCC. The number of allylic oxidation sites excluding steroid dienone is 5. The number of unbranched alkanes of at least 4 members (excludes halogenated alkanes) is 6. The fourth-order valence-corrected chi connectivity index (χ4v) is 5.85. The van der Waals surface area contributed by atoms with E-state index in [1.165, 1.54) is 43.2 Å². The van der Waals surface area contributed by atoms with E-state index in [2.05, 4.69) is 73.6 Å². The zero-order chi connectivity index (χ0) is 29.2. The van der Waals surface area contributed by atoms with Gasteiger partial charge in [-0.3, -0.25) is 0 Å². The fourth-order valence-electron chi connectivity index (χ4n) is 4.55. The molecule has 1 aliphatic heterocycles. The van der Waals surface area contributed by atoms with E-state index in [0.29, 0.717) is 0 Å². The minimum atomic E-state index is -1.17. The lowest BCUT2D eigenvalue weighted by Crippen LogP contribution is -2.21. The van der Waals surface area contributed by atoms with Crippen LogP contribution in [0.4, 0.5) is 0 Å². The Balaban J connectivity index is 2.73. The van der Waals surface area contributed by atoms with Gasteiger partial charge in [-0.1, -0.05) is 93.9 Å². The van der Waals surface area contributed by atoms with Crippen LogP contribution in [0, 0.1) is 22.2 Å². The molecule has 39 heavy (non-hydrogen) atoms. The molecule has 0 spiro atoms. The van der Waals surface area contributed by atoms with Crippen LogP contribution in [0.2, 0.25) is 0 Å². The minimum absolute atomic E-state index is 0.135. The summed E-state index contributed by atoms with van der Waals surface area (Å²) in [7, 11) is 0. The van der Waals surface area contributed by atoms with E-state index in [-0.39, 0.29) is 16.4 Å². The van der Waals surface area contributed by atoms with E-state index in [1.807, 2.05) is 6.07 Å². The Morgan fingerprint density at radius 2 is 1.36 bits per heavy atom. The molecule has 0 unspecified atom stereocenters. The summed E-state index contributed by atoms with van der Waals surface area (Å²) in [6, 6.07) is 1.89. The van der Waals surface area contributed by atoms with Crippen molar-refractivity contribution in [2.45, 2.75) is 120 Å². The van der Waals surface area contributed by atoms with E-state index in [1.54, 1.807) is 17.4 Å². The molecule has 2 heterocycles.